The zero-order valence-electron chi connectivity index (χ0n) is 7.95. The second-order valence-electron chi connectivity index (χ2n) is 3.16. The van der Waals surface area contributed by atoms with E-state index >= 15 is 0 Å². The van der Waals surface area contributed by atoms with Gasteiger partial charge in [0, 0.05) is 10.6 Å². The van der Waals surface area contributed by atoms with E-state index in [0.29, 0.717) is 10.9 Å². The summed E-state index contributed by atoms with van der Waals surface area (Å²) < 4.78 is 0. The van der Waals surface area contributed by atoms with E-state index in [-0.39, 0.29) is 0 Å². The number of pyridine rings is 1. The summed E-state index contributed by atoms with van der Waals surface area (Å²) >= 11 is 11.6. The number of nitrogens with zero attached hydrogens (tertiary/aromatic N) is 1. The van der Waals surface area contributed by atoms with Crippen LogP contribution < -0.4 is 0 Å². The van der Waals surface area contributed by atoms with Crippen LogP contribution in [0, 0.1) is 0 Å². The van der Waals surface area contributed by atoms with Crippen LogP contribution in [-0.2, 0) is 5.88 Å². The summed E-state index contributed by atoms with van der Waals surface area (Å²) in [6.07, 6.45) is 0. The summed E-state index contributed by atoms with van der Waals surface area (Å²) in [5.41, 5.74) is 2.78. The first-order valence-electron chi connectivity index (χ1n) is 4.57. The van der Waals surface area contributed by atoms with Crippen LogP contribution in [0.3, 0.4) is 0 Å². The maximum atomic E-state index is 5.91. The zero-order valence-corrected chi connectivity index (χ0v) is 9.46. The van der Waals surface area contributed by atoms with Gasteiger partial charge in [-0.25, -0.2) is 0 Å². The fourth-order valence-electron chi connectivity index (χ4n) is 1.36. The van der Waals surface area contributed by atoms with Crippen molar-refractivity contribution in [2.75, 3.05) is 0 Å². The topological polar surface area (TPSA) is 12.9 Å². The van der Waals surface area contributed by atoms with Crippen LogP contribution in [0.25, 0.3) is 11.3 Å². The lowest BCUT2D eigenvalue weighted by Gasteiger charge is -2.02. The van der Waals surface area contributed by atoms with Crippen LogP contribution in [0.15, 0.2) is 42.5 Å². The van der Waals surface area contributed by atoms with Crippen molar-refractivity contribution < 1.29 is 0 Å². The van der Waals surface area contributed by atoms with Crippen molar-refractivity contribution in [1.29, 1.82) is 0 Å². The molecule has 1 aromatic heterocycles. The molecule has 0 saturated carbocycles. The van der Waals surface area contributed by atoms with E-state index in [4.69, 9.17) is 23.2 Å². The quantitative estimate of drug-likeness (QED) is 0.716. The molecule has 0 atom stereocenters. The molecule has 0 unspecified atom stereocenters. The SMILES string of the molecule is ClCc1cccc(-c2cccc(Cl)c2)n1. The highest BCUT2D eigenvalue weighted by Gasteiger charge is 2.00. The standard InChI is InChI=1S/C12H9Cl2N/c13-8-11-5-2-6-12(15-11)9-3-1-4-10(14)7-9/h1-7H,8H2. The second kappa shape index (κ2) is 4.65. The summed E-state index contributed by atoms with van der Waals surface area (Å²) in [6.45, 7) is 0. The summed E-state index contributed by atoms with van der Waals surface area (Å²) in [6, 6.07) is 13.4. The van der Waals surface area contributed by atoms with Gasteiger partial charge in [-0.2, -0.15) is 0 Å². The Balaban J connectivity index is 2.44. The highest BCUT2D eigenvalue weighted by molar-refractivity contribution is 6.30. The molecular weight excluding hydrogens is 229 g/mol. The van der Waals surface area contributed by atoms with E-state index in [0.717, 1.165) is 17.0 Å². The molecule has 0 saturated heterocycles. The minimum absolute atomic E-state index is 0.425. The molecule has 0 radical (unpaired) electrons. The zero-order chi connectivity index (χ0) is 10.7. The predicted molar refractivity (Wildman–Crippen MR) is 64.2 cm³/mol. The molecule has 0 aliphatic rings. The smallest absolute Gasteiger partial charge is 0.0706 e. The summed E-state index contributed by atoms with van der Waals surface area (Å²) in [4.78, 5) is 4.41. The van der Waals surface area contributed by atoms with Gasteiger partial charge in [-0.1, -0.05) is 29.8 Å². The molecule has 0 aliphatic carbocycles. The number of rotatable bonds is 2. The van der Waals surface area contributed by atoms with Crippen molar-refractivity contribution in [3.05, 3.63) is 53.2 Å². The molecule has 0 amide bonds. The fourth-order valence-corrected chi connectivity index (χ4v) is 1.70. The Morgan fingerprint density at radius 1 is 1.07 bits per heavy atom. The number of benzene rings is 1. The molecule has 1 heterocycles. The molecule has 2 rings (SSSR count). The molecule has 2 aromatic rings. The van der Waals surface area contributed by atoms with Gasteiger partial charge in [0.1, 0.15) is 0 Å². The maximum Gasteiger partial charge on any atom is 0.0706 e. The Hall–Kier alpha value is -1.05. The Labute approximate surface area is 98.7 Å². The first kappa shape index (κ1) is 10.5. The number of aromatic nitrogens is 1. The third kappa shape index (κ3) is 2.49. The normalized spacial score (nSPS) is 10.3. The molecule has 1 nitrogen and oxygen atoms in total. The molecule has 0 N–H and O–H groups in total. The monoisotopic (exact) mass is 237 g/mol. The number of hydrogen-bond donors (Lipinski definition) is 0. The Bertz CT molecular complexity index is 469. The average molecular weight is 238 g/mol. The number of alkyl halides is 1. The van der Waals surface area contributed by atoms with Crippen LogP contribution in [0.5, 0.6) is 0 Å². The van der Waals surface area contributed by atoms with Crippen molar-refractivity contribution in [2.24, 2.45) is 0 Å². The molecule has 15 heavy (non-hydrogen) atoms. The molecular formula is C12H9Cl2N. The molecule has 1 aromatic carbocycles. The first-order chi connectivity index (χ1) is 7.29. The van der Waals surface area contributed by atoms with E-state index in [9.17, 15) is 0 Å². The van der Waals surface area contributed by atoms with Crippen molar-refractivity contribution in [3.8, 4) is 11.3 Å². The number of hydrogen-bond acceptors (Lipinski definition) is 1. The van der Waals surface area contributed by atoms with Gasteiger partial charge in [0.25, 0.3) is 0 Å². The van der Waals surface area contributed by atoms with E-state index in [1.807, 2.05) is 42.5 Å². The van der Waals surface area contributed by atoms with Crippen molar-refractivity contribution >= 4 is 23.2 Å². The molecule has 0 bridgehead atoms. The Morgan fingerprint density at radius 2 is 1.87 bits per heavy atom. The van der Waals surface area contributed by atoms with Gasteiger partial charge in [0.05, 0.1) is 17.3 Å². The van der Waals surface area contributed by atoms with Crippen LogP contribution in [0.2, 0.25) is 5.02 Å². The van der Waals surface area contributed by atoms with Gasteiger partial charge in [-0.05, 0) is 24.3 Å². The fraction of sp³-hybridized carbons (Fsp3) is 0.0833. The highest BCUT2D eigenvalue weighted by Crippen LogP contribution is 2.21. The molecule has 3 heteroatoms. The Morgan fingerprint density at radius 3 is 2.60 bits per heavy atom. The van der Waals surface area contributed by atoms with Crippen LogP contribution in [0.1, 0.15) is 5.69 Å². The first-order valence-corrected chi connectivity index (χ1v) is 5.48. The minimum atomic E-state index is 0.425. The summed E-state index contributed by atoms with van der Waals surface area (Å²) in [7, 11) is 0. The predicted octanol–water partition coefficient (Wildman–Crippen LogP) is 4.14. The average Bonchev–Trinajstić information content (AvgIpc) is 2.29. The van der Waals surface area contributed by atoms with Gasteiger partial charge in [0.15, 0.2) is 0 Å². The lowest BCUT2D eigenvalue weighted by molar-refractivity contribution is 1.17. The van der Waals surface area contributed by atoms with E-state index in [1.165, 1.54) is 0 Å². The van der Waals surface area contributed by atoms with E-state index in [2.05, 4.69) is 4.98 Å². The lowest BCUT2D eigenvalue weighted by atomic mass is 10.1. The summed E-state index contributed by atoms with van der Waals surface area (Å²) in [5, 5.41) is 0.713. The van der Waals surface area contributed by atoms with Crippen molar-refractivity contribution in [3.63, 3.8) is 0 Å². The van der Waals surface area contributed by atoms with Crippen LogP contribution in [0.4, 0.5) is 0 Å². The number of halogens is 2. The Kier molecular flexibility index (Phi) is 3.24. The minimum Gasteiger partial charge on any atom is -0.252 e. The van der Waals surface area contributed by atoms with E-state index < -0.39 is 0 Å². The van der Waals surface area contributed by atoms with Crippen molar-refractivity contribution in [2.45, 2.75) is 5.88 Å². The molecule has 0 aliphatic heterocycles. The van der Waals surface area contributed by atoms with Crippen molar-refractivity contribution in [1.82, 2.24) is 4.98 Å². The van der Waals surface area contributed by atoms with E-state index in [1.54, 1.807) is 0 Å². The molecule has 0 fully saturated rings. The van der Waals surface area contributed by atoms with Gasteiger partial charge < -0.3 is 0 Å². The van der Waals surface area contributed by atoms with Gasteiger partial charge in [0.2, 0.25) is 0 Å². The second-order valence-corrected chi connectivity index (χ2v) is 3.86. The summed E-state index contributed by atoms with van der Waals surface area (Å²) in [5.74, 6) is 0.425. The lowest BCUT2D eigenvalue weighted by Crippen LogP contribution is -1.88. The van der Waals surface area contributed by atoms with Gasteiger partial charge in [-0.3, -0.25) is 4.98 Å². The maximum absolute atomic E-state index is 5.91. The van der Waals surface area contributed by atoms with Gasteiger partial charge in [-0.15, -0.1) is 11.6 Å². The highest BCUT2D eigenvalue weighted by atomic mass is 35.5. The van der Waals surface area contributed by atoms with Crippen LogP contribution >= 0.6 is 23.2 Å². The largest absolute Gasteiger partial charge is 0.252 e. The van der Waals surface area contributed by atoms with Crippen LogP contribution in [-0.4, -0.2) is 4.98 Å². The van der Waals surface area contributed by atoms with Gasteiger partial charge >= 0.3 is 0 Å². The third-order valence-corrected chi connectivity index (χ3v) is 2.57. The molecule has 76 valence electrons. The molecule has 0 spiro atoms. The third-order valence-electron chi connectivity index (χ3n) is 2.06.